The minimum Gasteiger partial charge on any atom is -0.504 e. The van der Waals surface area contributed by atoms with E-state index in [1.807, 2.05) is 35.2 Å². The molecule has 0 saturated carbocycles. The summed E-state index contributed by atoms with van der Waals surface area (Å²) in [6.07, 6.45) is 0.780. The number of nitrogens with zero attached hydrogens (tertiary/aromatic N) is 1. The number of carbonyl (C=O) groups excluding carboxylic acids is 1. The smallest absolute Gasteiger partial charge is 0.233 e. The second-order valence-corrected chi connectivity index (χ2v) is 6.85. The number of ether oxygens (including phenoxy) is 2. The monoisotopic (exact) mass is 359 g/mol. The van der Waals surface area contributed by atoms with Gasteiger partial charge in [0.15, 0.2) is 11.5 Å². The van der Waals surface area contributed by atoms with Gasteiger partial charge in [0.05, 0.1) is 20.0 Å². The van der Waals surface area contributed by atoms with Crippen molar-refractivity contribution in [2.75, 3.05) is 26.5 Å². The molecule has 1 atom stereocenters. The molecule has 0 aromatic heterocycles. The molecule has 5 nitrogen and oxygen atoms in total. The lowest BCUT2D eigenvalue weighted by Gasteiger charge is -2.24. The molecule has 1 fully saturated rings. The fourth-order valence-electron chi connectivity index (χ4n) is 2.86. The van der Waals surface area contributed by atoms with Crippen molar-refractivity contribution in [1.29, 1.82) is 0 Å². The van der Waals surface area contributed by atoms with Gasteiger partial charge in [-0.15, -0.1) is 11.8 Å². The third kappa shape index (κ3) is 3.85. The maximum atomic E-state index is 12.3. The van der Waals surface area contributed by atoms with Crippen LogP contribution in [0.4, 0.5) is 0 Å². The van der Waals surface area contributed by atoms with Crippen LogP contribution in [-0.2, 0) is 11.2 Å². The van der Waals surface area contributed by atoms with Crippen molar-refractivity contribution in [1.82, 2.24) is 4.90 Å². The molecule has 0 spiro atoms. The van der Waals surface area contributed by atoms with Gasteiger partial charge in [-0.2, -0.15) is 0 Å². The van der Waals surface area contributed by atoms with Crippen LogP contribution in [0.25, 0.3) is 0 Å². The zero-order chi connectivity index (χ0) is 17.8. The van der Waals surface area contributed by atoms with Crippen LogP contribution in [0.2, 0.25) is 0 Å². The fraction of sp³-hybridized carbons (Fsp3) is 0.316. The quantitative estimate of drug-likeness (QED) is 0.858. The number of amides is 1. The highest BCUT2D eigenvalue weighted by atomic mass is 32.2. The highest BCUT2D eigenvalue weighted by Gasteiger charge is 2.32. The zero-order valence-corrected chi connectivity index (χ0v) is 15.1. The van der Waals surface area contributed by atoms with E-state index in [1.165, 1.54) is 7.11 Å². The largest absolute Gasteiger partial charge is 0.504 e. The number of phenols is 1. The summed E-state index contributed by atoms with van der Waals surface area (Å²) in [6.45, 7) is 0.645. The molecule has 1 heterocycles. The predicted octanol–water partition coefficient (Wildman–Crippen LogP) is 3.23. The number of thioether (sulfide) groups is 1. The molecule has 3 rings (SSSR count). The van der Waals surface area contributed by atoms with Crippen molar-refractivity contribution in [3.05, 3.63) is 53.6 Å². The molecule has 1 saturated heterocycles. The Balaban J connectivity index is 1.73. The average molecular weight is 359 g/mol. The van der Waals surface area contributed by atoms with E-state index in [0.717, 1.165) is 23.3 Å². The number of phenolic OH excluding ortho intramolecular Hbond substituents is 1. The molecule has 0 bridgehead atoms. The van der Waals surface area contributed by atoms with E-state index in [-0.39, 0.29) is 17.0 Å². The van der Waals surface area contributed by atoms with Gasteiger partial charge in [0, 0.05) is 6.54 Å². The zero-order valence-electron chi connectivity index (χ0n) is 14.3. The molecule has 0 aliphatic carbocycles. The standard InChI is InChI=1S/C19H21NO4S/c1-23-15-6-3-13(4-7-15)9-10-20-18(22)12-25-19(20)14-5-8-16(21)17(11-14)24-2/h3-8,11,19,21H,9-10,12H2,1-2H3. The molecule has 132 valence electrons. The van der Waals surface area contributed by atoms with E-state index in [0.29, 0.717) is 18.0 Å². The normalized spacial score (nSPS) is 17.0. The Morgan fingerprint density at radius 1 is 1.16 bits per heavy atom. The maximum absolute atomic E-state index is 12.3. The van der Waals surface area contributed by atoms with E-state index in [1.54, 1.807) is 31.0 Å². The summed E-state index contributed by atoms with van der Waals surface area (Å²) in [5.74, 6) is 1.95. The van der Waals surface area contributed by atoms with Crippen molar-refractivity contribution in [3.63, 3.8) is 0 Å². The molecular formula is C19H21NO4S. The van der Waals surface area contributed by atoms with Gasteiger partial charge in [-0.3, -0.25) is 4.79 Å². The lowest BCUT2D eigenvalue weighted by Crippen LogP contribution is -2.30. The third-order valence-corrected chi connectivity index (χ3v) is 5.51. The summed E-state index contributed by atoms with van der Waals surface area (Å²) in [6, 6.07) is 13.1. The van der Waals surface area contributed by atoms with E-state index >= 15 is 0 Å². The number of methoxy groups -OCH3 is 2. The molecule has 0 radical (unpaired) electrons. The number of aromatic hydroxyl groups is 1. The van der Waals surface area contributed by atoms with Crippen LogP contribution in [0.15, 0.2) is 42.5 Å². The summed E-state index contributed by atoms with van der Waals surface area (Å²) >= 11 is 1.60. The first kappa shape index (κ1) is 17.5. The van der Waals surface area contributed by atoms with Crippen LogP contribution < -0.4 is 9.47 Å². The first-order chi connectivity index (χ1) is 12.1. The molecule has 6 heteroatoms. The minimum atomic E-state index is -0.0553. The van der Waals surface area contributed by atoms with Crippen molar-refractivity contribution in [3.8, 4) is 17.2 Å². The van der Waals surface area contributed by atoms with Gasteiger partial charge in [-0.25, -0.2) is 0 Å². The lowest BCUT2D eigenvalue weighted by atomic mass is 10.1. The van der Waals surface area contributed by atoms with Gasteiger partial charge >= 0.3 is 0 Å². The predicted molar refractivity (Wildman–Crippen MR) is 98.3 cm³/mol. The first-order valence-corrected chi connectivity index (χ1v) is 9.08. The maximum Gasteiger partial charge on any atom is 0.233 e. The molecule has 25 heavy (non-hydrogen) atoms. The van der Waals surface area contributed by atoms with E-state index < -0.39 is 0 Å². The van der Waals surface area contributed by atoms with E-state index in [4.69, 9.17) is 9.47 Å². The third-order valence-electron chi connectivity index (χ3n) is 4.26. The van der Waals surface area contributed by atoms with Crippen LogP contribution in [0, 0.1) is 0 Å². The Morgan fingerprint density at radius 2 is 1.92 bits per heavy atom. The Hall–Kier alpha value is -2.34. The lowest BCUT2D eigenvalue weighted by molar-refractivity contribution is -0.128. The van der Waals surface area contributed by atoms with E-state index in [9.17, 15) is 9.90 Å². The van der Waals surface area contributed by atoms with Crippen LogP contribution in [-0.4, -0.2) is 42.4 Å². The Morgan fingerprint density at radius 3 is 2.60 bits per heavy atom. The first-order valence-electron chi connectivity index (χ1n) is 8.03. The summed E-state index contributed by atoms with van der Waals surface area (Å²) in [5, 5.41) is 9.71. The second kappa shape index (κ2) is 7.70. The fourth-order valence-corrected chi connectivity index (χ4v) is 4.07. The van der Waals surface area contributed by atoms with Gasteiger partial charge in [0.2, 0.25) is 5.91 Å². The summed E-state index contributed by atoms with van der Waals surface area (Å²) in [7, 11) is 3.17. The van der Waals surface area contributed by atoms with Crippen LogP contribution >= 0.6 is 11.8 Å². The Labute approximate surface area is 151 Å². The van der Waals surface area contributed by atoms with Gasteiger partial charge in [0.25, 0.3) is 0 Å². The molecule has 1 aliphatic heterocycles. The summed E-state index contributed by atoms with van der Waals surface area (Å²) in [4.78, 5) is 14.2. The topological polar surface area (TPSA) is 59.0 Å². The molecule has 1 unspecified atom stereocenters. The number of hydrogen-bond acceptors (Lipinski definition) is 5. The molecule has 1 aliphatic rings. The van der Waals surface area contributed by atoms with E-state index in [2.05, 4.69) is 0 Å². The molecular weight excluding hydrogens is 338 g/mol. The van der Waals surface area contributed by atoms with Crippen molar-refractivity contribution >= 4 is 17.7 Å². The summed E-state index contributed by atoms with van der Waals surface area (Å²) in [5.41, 5.74) is 2.12. The van der Waals surface area contributed by atoms with Crippen LogP contribution in [0.1, 0.15) is 16.5 Å². The SMILES string of the molecule is COc1ccc(CCN2C(=O)CSC2c2ccc(O)c(OC)c2)cc1. The number of hydrogen-bond donors (Lipinski definition) is 1. The molecule has 2 aromatic rings. The van der Waals surface area contributed by atoms with Crippen molar-refractivity contribution < 1.29 is 19.4 Å². The highest BCUT2D eigenvalue weighted by Crippen LogP contribution is 2.41. The van der Waals surface area contributed by atoms with Gasteiger partial charge < -0.3 is 19.5 Å². The Bertz CT molecular complexity index is 748. The second-order valence-electron chi connectivity index (χ2n) is 5.78. The minimum absolute atomic E-state index is 0.0553. The van der Waals surface area contributed by atoms with Crippen LogP contribution in [0.5, 0.6) is 17.2 Å². The number of carbonyl (C=O) groups is 1. The van der Waals surface area contributed by atoms with Crippen molar-refractivity contribution in [2.24, 2.45) is 0 Å². The molecule has 2 aromatic carbocycles. The van der Waals surface area contributed by atoms with Gasteiger partial charge in [0.1, 0.15) is 11.1 Å². The van der Waals surface area contributed by atoms with Gasteiger partial charge in [-0.1, -0.05) is 18.2 Å². The van der Waals surface area contributed by atoms with Crippen molar-refractivity contribution in [2.45, 2.75) is 11.8 Å². The number of rotatable bonds is 6. The highest BCUT2D eigenvalue weighted by molar-refractivity contribution is 8.00. The van der Waals surface area contributed by atoms with Gasteiger partial charge in [-0.05, 0) is 41.8 Å². The summed E-state index contributed by atoms with van der Waals surface area (Å²) < 4.78 is 10.4. The Kier molecular flexibility index (Phi) is 5.38. The average Bonchev–Trinajstić information content (AvgIpc) is 3.01. The van der Waals surface area contributed by atoms with Crippen LogP contribution in [0.3, 0.4) is 0 Å². The number of benzene rings is 2. The molecule has 1 amide bonds. The molecule has 1 N–H and O–H groups in total.